The minimum Gasteiger partial charge on any atom is -0.379 e. The number of ether oxygens (including phenoxy) is 1. The average Bonchev–Trinajstić information content (AvgIpc) is 3.05. The van der Waals surface area contributed by atoms with Gasteiger partial charge in [0.05, 0.1) is 18.7 Å². The maximum Gasteiger partial charge on any atom is 0.272 e. The highest BCUT2D eigenvalue weighted by Crippen LogP contribution is 2.28. The summed E-state index contributed by atoms with van der Waals surface area (Å²) in [4.78, 5) is 15.3. The number of rotatable bonds is 5. The highest BCUT2D eigenvalue weighted by Gasteiger charge is 2.20. The number of hydrogen-bond acceptors (Lipinski definition) is 4. The summed E-state index contributed by atoms with van der Waals surface area (Å²) in [6, 6.07) is 1.88. The van der Waals surface area contributed by atoms with Crippen molar-refractivity contribution < 1.29 is 4.74 Å². The third kappa shape index (κ3) is 2.41. The first-order chi connectivity index (χ1) is 8.75. The fourth-order valence-corrected chi connectivity index (χ4v) is 2.95. The number of fused-ring (bicyclic) bond motifs is 1. The smallest absolute Gasteiger partial charge is 0.272 e. The number of H-pyrrole nitrogens is 1. The molecule has 0 aromatic carbocycles. The lowest BCUT2D eigenvalue weighted by molar-refractivity contribution is 0.116. The molecule has 0 atom stereocenters. The third-order valence-electron chi connectivity index (χ3n) is 3.10. The van der Waals surface area contributed by atoms with E-state index >= 15 is 0 Å². The summed E-state index contributed by atoms with van der Waals surface area (Å²) < 4.78 is 8.33. The quantitative estimate of drug-likeness (QED) is 0.677. The van der Waals surface area contributed by atoms with Crippen molar-refractivity contribution in [2.75, 3.05) is 13.2 Å². The maximum absolute atomic E-state index is 12.2. The maximum atomic E-state index is 12.2. The SMILES string of the molecule is O=c1c2sccc2[nH]c(=S)n1CCOCC1CC1. The topological polar surface area (TPSA) is 47.0 Å². The average molecular weight is 282 g/mol. The number of aromatic nitrogens is 2. The van der Waals surface area contributed by atoms with Crippen LogP contribution in [0.2, 0.25) is 0 Å². The van der Waals surface area contributed by atoms with Crippen molar-refractivity contribution in [3.63, 3.8) is 0 Å². The molecule has 1 N–H and O–H groups in total. The van der Waals surface area contributed by atoms with Crippen LogP contribution < -0.4 is 5.56 Å². The van der Waals surface area contributed by atoms with Crippen LogP contribution in [0.4, 0.5) is 0 Å². The Morgan fingerprint density at radius 2 is 2.39 bits per heavy atom. The van der Waals surface area contributed by atoms with Crippen molar-refractivity contribution in [3.8, 4) is 0 Å². The number of nitrogens with zero attached hydrogens (tertiary/aromatic N) is 1. The predicted molar refractivity (Wildman–Crippen MR) is 74.8 cm³/mol. The lowest BCUT2D eigenvalue weighted by atomic mass is 10.4. The van der Waals surface area contributed by atoms with Gasteiger partial charge in [0.1, 0.15) is 4.70 Å². The zero-order chi connectivity index (χ0) is 12.5. The van der Waals surface area contributed by atoms with Crippen LogP contribution in [0.15, 0.2) is 16.2 Å². The summed E-state index contributed by atoms with van der Waals surface area (Å²) in [5.41, 5.74) is 0.809. The van der Waals surface area contributed by atoms with Gasteiger partial charge in [0.15, 0.2) is 4.77 Å². The van der Waals surface area contributed by atoms with Crippen LogP contribution in [-0.4, -0.2) is 22.8 Å². The normalized spacial score (nSPS) is 15.3. The van der Waals surface area contributed by atoms with E-state index < -0.39 is 0 Å². The van der Waals surface area contributed by atoms with Crippen LogP contribution >= 0.6 is 23.6 Å². The van der Waals surface area contributed by atoms with Crippen LogP contribution in [0.3, 0.4) is 0 Å². The van der Waals surface area contributed by atoms with Crippen molar-refractivity contribution in [2.45, 2.75) is 19.4 Å². The van der Waals surface area contributed by atoms with E-state index in [4.69, 9.17) is 17.0 Å². The van der Waals surface area contributed by atoms with Gasteiger partial charge in [-0.3, -0.25) is 9.36 Å². The van der Waals surface area contributed by atoms with Crippen molar-refractivity contribution in [1.82, 2.24) is 9.55 Å². The van der Waals surface area contributed by atoms with Gasteiger partial charge >= 0.3 is 0 Å². The Morgan fingerprint density at radius 1 is 1.56 bits per heavy atom. The van der Waals surface area contributed by atoms with E-state index in [-0.39, 0.29) is 5.56 Å². The van der Waals surface area contributed by atoms with Gasteiger partial charge in [-0.05, 0) is 42.4 Å². The molecular weight excluding hydrogens is 268 g/mol. The molecule has 1 aliphatic rings. The molecule has 0 bridgehead atoms. The van der Waals surface area contributed by atoms with E-state index in [1.54, 1.807) is 4.57 Å². The molecule has 0 spiro atoms. The molecule has 1 fully saturated rings. The molecule has 0 aliphatic heterocycles. The number of thiophene rings is 1. The van der Waals surface area contributed by atoms with Crippen LogP contribution in [-0.2, 0) is 11.3 Å². The fraction of sp³-hybridized carbons (Fsp3) is 0.500. The molecule has 0 radical (unpaired) electrons. The Kier molecular flexibility index (Phi) is 3.32. The van der Waals surface area contributed by atoms with Crippen LogP contribution in [0.5, 0.6) is 0 Å². The molecule has 1 saturated carbocycles. The van der Waals surface area contributed by atoms with E-state index in [2.05, 4.69) is 4.98 Å². The van der Waals surface area contributed by atoms with E-state index in [1.165, 1.54) is 24.2 Å². The Bertz CT molecular complexity index is 667. The fourth-order valence-electron chi connectivity index (χ4n) is 1.86. The summed E-state index contributed by atoms with van der Waals surface area (Å²) in [5, 5.41) is 1.89. The molecule has 4 nitrogen and oxygen atoms in total. The molecule has 0 saturated heterocycles. The van der Waals surface area contributed by atoms with E-state index in [1.807, 2.05) is 11.4 Å². The molecule has 18 heavy (non-hydrogen) atoms. The summed E-state index contributed by atoms with van der Waals surface area (Å²) >= 11 is 6.64. The Hall–Kier alpha value is -0.980. The number of hydrogen-bond donors (Lipinski definition) is 1. The monoisotopic (exact) mass is 282 g/mol. The minimum atomic E-state index is -0.0150. The summed E-state index contributed by atoms with van der Waals surface area (Å²) in [6.45, 7) is 1.88. The Balaban J connectivity index is 1.77. The molecule has 96 valence electrons. The van der Waals surface area contributed by atoms with Gasteiger partial charge < -0.3 is 9.72 Å². The van der Waals surface area contributed by atoms with Gasteiger partial charge in [-0.1, -0.05) is 0 Å². The first-order valence-corrected chi connectivity index (χ1v) is 7.32. The van der Waals surface area contributed by atoms with Crippen molar-refractivity contribution >= 4 is 33.8 Å². The predicted octanol–water partition coefficient (Wildman–Crippen LogP) is 2.55. The lowest BCUT2D eigenvalue weighted by Gasteiger charge is -2.07. The van der Waals surface area contributed by atoms with E-state index in [9.17, 15) is 4.79 Å². The highest BCUT2D eigenvalue weighted by atomic mass is 32.1. The highest BCUT2D eigenvalue weighted by molar-refractivity contribution is 7.71. The molecule has 2 aromatic rings. The summed E-state index contributed by atoms with van der Waals surface area (Å²) in [7, 11) is 0. The second kappa shape index (κ2) is 4.95. The second-order valence-electron chi connectivity index (χ2n) is 4.57. The van der Waals surface area contributed by atoms with Gasteiger partial charge in [0.25, 0.3) is 5.56 Å². The summed E-state index contributed by atoms with van der Waals surface area (Å²) in [6.07, 6.45) is 2.56. The molecule has 3 rings (SSSR count). The Morgan fingerprint density at radius 3 is 3.17 bits per heavy atom. The molecule has 1 aliphatic carbocycles. The van der Waals surface area contributed by atoms with Gasteiger partial charge in [0.2, 0.25) is 0 Å². The number of aromatic amines is 1. The first kappa shape index (κ1) is 12.1. The van der Waals surface area contributed by atoms with Crippen molar-refractivity contribution in [2.24, 2.45) is 5.92 Å². The molecular formula is C12H14N2O2S2. The third-order valence-corrected chi connectivity index (χ3v) is 4.33. The molecule has 6 heteroatoms. The minimum absolute atomic E-state index is 0.0150. The first-order valence-electron chi connectivity index (χ1n) is 6.04. The van der Waals surface area contributed by atoms with Crippen LogP contribution in [0.25, 0.3) is 10.2 Å². The molecule has 0 unspecified atom stereocenters. The molecule has 0 amide bonds. The van der Waals surface area contributed by atoms with Gasteiger partial charge in [-0.15, -0.1) is 11.3 Å². The van der Waals surface area contributed by atoms with Gasteiger partial charge in [0, 0.05) is 6.61 Å². The van der Waals surface area contributed by atoms with E-state index in [0.29, 0.717) is 17.9 Å². The van der Waals surface area contributed by atoms with Crippen LogP contribution in [0, 0.1) is 10.7 Å². The van der Waals surface area contributed by atoms with Crippen molar-refractivity contribution in [3.05, 3.63) is 26.6 Å². The van der Waals surface area contributed by atoms with Gasteiger partial charge in [-0.25, -0.2) is 0 Å². The standard InChI is InChI=1S/C12H14N2O2S2/c15-11-10-9(3-6-18-10)13-12(17)14(11)4-5-16-7-8-1-2-8/h3,6,8H,1-2,4-5,7H2,(H,13,17). The van der Waals surface area contributed by atoms with Crippen LogP contribution in [0.1, 0.15) is 12.8 Å². The van der Waals surface area contributed by atoms with Gasteiger partial charge in [-0.2, -0.15) is 0 Å². The lowest BCUT2D eigenvalue weighted by Crippen LogP contribution is -2.23. The largest absolute Gasteiger partial charge is 0.379 e. The number of nitrogens with one attached hydrogen (secondary N) is 1. The molecule has 2 heterocycles. The molecule has 2 aromatic heterocycles. The Labute approximate surface area is 113 Å². The summed E-state index contributed by atoms with van der Waals surface area (Å²) in [5.74, 6) is 0.746. The zero-order valence-electron chi connectivity index (χ0n) is 9.85. The zero-order valence-corrected chi connectivity index (χ0v) is 11.5. The van der Waals surface area contributed by atoms with E-state index in [0.717, 1.165) is 22.7 Å². The second-order valence-corrected chi connectivity index (χ2v) is 5.87. The van der Waals surface area contributed by atoms with Crippen molar-refractivity contribution in [1.29, 1.82) is 0 Å².